The van der Waals surface area contributed by atoms with Crippen LogP contribution in [0.4, 0.5) is 0 Å². The minimum atomic E-state index is -0.688. The van der Waals surface area contributed by atoms with E-state index < -0.39 is 6.10 Å². The normalized spacial score (nSPS) is 13.1. The molecule has 0 bridgehead atoms. The summed E-state index contributed by atoms with van der Waals surface area (Å²) in [7, 11) is 1.59. The smallest absolute Gasteiger partial charge is 0.137 e. The molecule has 0 amide bonds. The Labute approximate surface area is 120 Å². The molecule has 0 radical (unpaired) electrons. The standard InChI is InChI=1S/C17H21NO2/c1-17(2,3)14-7-5-12(6-8-14)16(19)13-9-15(20-4)11-18-10-13/h5-11,16,19H,1-4H3. The van der Waals surface area contributed by atoms with Gasteiger partial charge in [-0.2, -0.15) is 0 Å². The average molecular weight is 271 g/mol. The Balaban J connectivity index is 2.26. The first kappa shape index (κ1) is 14.5. The Morgan fingerprint density at radius 3 is 2.25 bits per heavy atom. The van der Waals surface area contributed by atoms with Gasteiger partial charge in [0.1, 0.15) is 11.9 Å². The summed E-state index contributed by atoms with van der Waals surface area (Å²) in [5.41, 5.74) is 2.94. The second kappa shape index (κ2) is 5.63. The van der Waals surface area contributed by atoms with Crippen molar-refractivity contribution in [1.82, 2.24) is 4.98 Å². The van der Waals surface area contributed by atoms with E-state index in [2.05, 4.69) is 37.9 Å². The summed E-state index contributed by atoms with van der Waals surface area (Å²) in [6.07, 6.45) is 2.59. The van der Waals surface area contributed by atoms with Crippen LogP contribution < -0.4 is 4.74 Å². The Morgan fingerprint density at radius 1 is 1.05 bits per heavy atom. The first-order valence-corrected chi connectivity index (χ1v) is 6.69. The molecule has 3 nitrogen and oxygen atoms in total. The molecule has 1 N–H and O–H groups in total. The minimum Gasteiger partial charge on any atom is -0.495 e. The molecule has 1 aromatic heterocycles. The maximum atomic E-state index is 10.4. The summed E-state index contributed by atoms with van der Waals surface area (Å²) in [5, 5.41) is 10.4. The Morgan fingerprint density at radius 2 is 1.70 bits per heavy atom. The third-order valence-electron chi connectivity index (χ3n) is 3.38. The molecule has 0 spiro atoms. The summed E-state index contributed by atoms with van der Waals surface area (Å²) in [4.78, 5) is 4.07. The van der Waals surface area contributed by atoms with Gasteiger partial charge in [-0.25, -0.2) is 0 Å². The van der Waals surface area contributed by atoms with Crippen LogP contribution in [0.25, 0.3) is 0 Å². The van der Waals surface area contributed by atoms with Gasteiger partial charge in [0.15, 0.2) is 0 Å². The molecule has 1 unspecified atom stereocenters. The lowest BCUT2D eigenvalue weighted by Gasteiger charge is -2.20. The lowest BCUT2D eigenvalue weighted by molar-refractivity contribution is 0.219. The van der Waals surface area contributed by atoms with E-state index in [4.69, 9.17) is 4.74 Å². The number of hydrogen-bond donors (Lipinski definition) is 1. The fourth-order valence-corrected chi connectivity index (χ4v) is 2.05. The molecule has 1 aromatic carbocycles. The average Bonchev–Trinajstić information content (AvgIpc) is 2.46. The van der Waals surface area contributed by atoms with E-state index in [1.807, 2.05) is 12.1 Å². The van der Waals surface area contributed by atoms with Crippen LogP contribution in [-0.4, -0.2) is 17.2 Å². The highest BCUT2D eigenvalue weighted by Gasteiger charge is 2.16. The quantitative estimate of drug-likeness (QED) is 0.929. The van der Waals surface area contributed by atoms with Gasteiger partial charge in [0, 0.05) is 11.8 Å². The van der Waals surface area contributed by atoms with Crippen molar-refractivity contribution in [3.8, 4) is 5.75 Å². The van der Waals surface area contributed by atoms with Gasteiger partial charge in [-0.05, 0) is 22.6 Å². The number of ether oxygens (including phenoxy) is 1. The number of methoxy groups -OCH3 is 1. The number of benzene rings is 1. The molecule has 0 saturated carbocycles. The van der Waals surface area contributed by atoms with Crippen LogP contribution in [0.1, 0.15) is 43.6 Å². The molecular formula is C17H21NO2. The molecule has 1 heterocycles. The zero-order valence-electron chi connectivity index (χ0n) is 12.4. The van der Waals surface area contributed by atoms with Crippen molar-refractivity contribution in [2.75, 3.05) is 7.11 Å². The van der Waals surface area contributed by atoms with Crippen molar-refractivity contribution < 1.29 is 9.84 Å². The predicted molar refractivity (Wildman–Crippen MR) is 80.0 cm³/mol. The van der Waals surface area contributed by atoms with Crippen molar-refractivity contribution in [3.05, 3.63) is 59.4 Å². The third-order valence-corrected chi connectivity index (χ3v) is 3.38. The second-order valence-electron chi connectivity index (χ2n) is 5.93. The molecule has 0 aliphatic heterocycles. The van der Waals surface area contributed by atoms with Gasteiger partial charge in [0.2, 0.25) is 0 Å². The van der Waals surface area contributed by atoms with Crippen molar-refractivity contribution in [1.29, 1.82) is 0 Å². The SMILES string of the molecule is COc1cncc(C(O)c2ccc(C(C)(C)C)cc2)c1. The predicted octanol–water partition coefficient (Wildman–Crippen LogP) is 3.47. The molecule has 2 rings (SSSR count). The van der Waals surface area contributed by atoms with Crippen molar-refractivity contribution in [2.24, 2.45) is 0 Å². The highest BCUT2D eigenvalue weighted by Crippen LogP contribution is 2.27. The lowest BCUT2D eigenvalue weighted by atomic mass is 9.86. The molecule has 1 atom stereocenters. The number of aliphatic hydroxyl groups excluding tert-OH is 1. The summed E-state index contributed by atoms with van der Waals surface area (Å²) in [6.45, 7) is 6.51. The van der Waals surface area contributed by atoms with E-state index in [1.165, 1.54) is 5.56 Å². The minimum absolute atomic E-state index is 0.112. The molecular weight excluding hydrogens is 250 g/mol. The molecule has 3 heteroatoms. The Kier molecular flexibility index (Phi) is 4.09. The fourth-order valence-electron chi connectivity index (χ4n) is 2.05. The Bertz CT molecular complexity index is 570. The molecule has 20 heavy (non-hydrogen) atoms. The van der Waals surface area contributed by atoms with Crippen LogP contribution >= 0.6 is 0 Å². The van der Waals surface area contributed by atoms with Crippen molar-refractivity contribution in [2.45, 2.75) is 32.3 Å². The van der Waals surface area contributed by atoms with E-state index >= 15 is 0 Å². The van der Waals surface area contributed by atoms with Gasteiger partial charge in [0.25, 0.3) is 0 Å². The summed E-state index contributed by atoms with van der Waals surface area (Å²) >= 11 is 0. The van der Waals surface area contributed by atoms with Crippen molar-refractivity contribution in [3.63, 3.8) is 0 Å². The summed E-state index contributed by atoms with van der Waals surface area (Å²) < 4.78 is 5.13. The van der Waals surface area contributed by atoms with Gasteiger partial charge in [-0.15, -0.1) is 0 Å². The molecule has 2 aromatic rings. The maximum Gasteiger partial charge on any atom is 0.137 e. The maximum absolute atomic E-state index is 10.4. The van der Waals surface area contributed by atoms with Crippen LogP contribution in [0.2, 0.25) is 0 Å². The van der Waals surface area contributed by atoms with E-state index in [1.54, 1.807) is 25.6 Å². The highest BCUT2D eigenvalue weighted by atomic mass is 16.5. The number of hydrogen-bond acceptors (Lipinski definition) is 3. The first-order chi connectivity index (χ1) is 9.41. The van der Waals surface area contributed by atoms with Crippen LogP contribution in [0, 0.1) is 0 Å². The largest absolute Gasteiger partial charge is 0.495 e. The summed E-state index contributed by atoms with van der Waals surface area (Å²) in [6, 6.07) is 9.85. The van der Waals surface area contributed by atoms with Gasteiger partial charge < -0.3 is 9.84 Å². The highest BCUT2D eigenvalue weighted by molar-refractivity contribution is 5.35. The van der Waals surface area contributed by atoms with Crippen LogP contribution in [0.5, 0.6) is 5.75 Å². The second-order valence-corrected chi connectivity index (χ2v) is 5.93. The number of pyridine rings is 1. The van der Waals surface area contributed by atoms with Crippen LogP contribution in [0.15, 0.2) is 42.7 Å². The fraction of sp³-hybridized carbons (Fsp3) is 0.353. The van der Waals surface area contributed by atoms with Gasteiger partial charge in [-0.3, -0.25) is 4.98 Å². The van der Waals surface area contributed by atoms with E-state index in [-0.39, 0.29) is 5.41 Å². The number of nitrogens with zero attached hydrogens (tertiary/aromatic N) is 1. The van der Waals surface area contributed by atoms with Gasteiger partial charge in [0.05, 0.1) is 13.3 Å². The third kappa shape index (κ3) is 3.17. The number of rotatable bonds is 3. The molecule has 0 fully saturated rings. The van der Waals surface area contributed by atoms with E-state index in [9.17, 15) is 5.11 Å². The van der Waals surface area contributed by atoms with Gasteiger partial charge >= 0.3 is 0 Å². The molecule has 106 valence electrons. The molecule has 0 saturated heterocycles. The topological polar surface area (TPSA) is 42.4 Å². The first-order valence-electron chi connectivity index (χ1n) is 6.69. The monoisotopic (exact) mass is 271 g/mol. The zero-order chi connectivity index (χ0) is 14.8. The summed E-state index contributed by atoms with van der Waals surface area (Å²) in [5.74, 6) is 0.646. The van der Waals surface area contributed by atoms with Crippen molar-refractivity contribution >= 4 is 0 Å². The van der Waals surface area contributed by atoms with E-state index in [0.717, 1.165) is 11.1 Å². The lowest BCUT2D eigenvalue weighted by Crippen LogP contribution is -2.11. The molecule has 0 aliphatic rings. The van der Waals surface area contributed by atoms with E-state index in [0.29, 0.717) is 5.75 Å². The Hall–Kier alpha value is -1.87. The number of aliphatic hydroxyl groups is 1. The zero-order valence-corrected chi connectivity index (χ0v) is 12.4. The molecule has 0 aliphatic carbocycles. The number of aromatic nitrogens is 1. The van der Waals surface area contributed by atoms with Crippen LogP contribution in [0.3, 0.4) is 0 Å². The van der Waals surface area contributed by atoms with Crippen LogP contribution in [-0.2, 0) is 5.41 Å². The van der Waals surface area contributed by atoms with Gasteiger partial charge in [-0.1, -0.05) is 45.0 Å².